The fourth-order valence-corrected chi connectivity index (χ4v) is 4.44. The maximum Gasteiger partial charge on any atom is 0.253 e. The van der Waals surface area contributed by atoms with Gasteiger partial charge in [-0.3, -0.25) is 9.78 Å². The number of hydrogen-bond acceptors (Lipinski definition) is 6. The number of pyridine rings is 1. The molecule has 8 heteroatoms. The summed E-state index contributed by atoms with van der Waals surface area (Å²) in [5.41, 5.74) is 1.79. The van der Waals surface area contributed by atoms with Crippen LogP contribution < -0.4 is 4.74 Å². The topological polar surface area (TPSA) is 76.6 Å². The van der Waals surface area contributed by atoms with Crippen molar-refractivity contribution in [2.24, 2.45) is 0 Å². The number of thioether (sulfide) groups is 1. The van der Waals surface area contributed by atoms with Crippen molar-refractivity contribution in [3.8, 4) is 5.75 Å². The van der Waals surface area contributed by atoms with Crippen molar-refractivity contribution < 1.29 is 17.9 Å². The van der Waals surface area contributed by atoms with Gasteiger partial charge in [-0.15, -0.1) is 11.8 Å². The molecule has 2 aromatic carbocycles. The lowest BCUT2D eigenvalue weighted by Gasteiger charge is -2.17. The SMILES string of the molecule is CN(CCCOc1cccc(S(C)(=O)=O)c1)C(=O)c1ccc(SCc2cccnc2)cc1. The standard InChI is InChI=1S/C24H26N2O4S2/c1-26(14-5-15-30-21-7-3-8-23(16-21)32(2,28)29)24(27)20-9-11-22(12-10-20)31-18-19-6-4-13-25-17-19/h3-4,6-13,16-17H,5,14-15,18H2,1-2H3. The quantitative estimate of drug-likeness (QED) is 0.324. The minimum absolute atomic E-state index is 0.0483. The van der Waals surface area contributed by atoms with Gasteiger partial charge in [-0.1, -0.05) is 12.1 Å². The van der Waals surface area contributed by atoms with Gasteiger partial charge >= 0.3 is 0 Å². The summed E-state index contributed by atoms with van der Waals surface area (Å²) in [6.45, 7) is 0.914. The Balaban J connectivity index is 1.44. The van der Waals surface area contributed by atoms with E-state index in [1.165, 1.54) is 18.4 Å². The highest BCUT2D eigenvalue weighted by molar-refractivity contribution is 7.98. The third-order valence-electron chi connectivity index (χ3n) is 4.72. The minimum atomic E-state index is -3.27. The summed E-state index contributed by atoms with van der Waals surface area (Å²) in [4.78, 5) is 19.8. The van der Waals surface area contributed by atoms with E-state index < -0.39 is 9.84 Å². The average molecular weight is 471 g/mol. The zero-order chi connectivity index (χ0) is 23.0. The molecule has 32 heavy (non-hydrogen) atoms. The molecule has 0 bridgehead atoms. The molecule has 6 nitrogen and oxygen atoms in total. The van der Waals surface area contributed by atoms with Crippen molar-refractivity contribution in [1.82, 2.24) is 9.88 Å². The summed E-state index contributed by atoms with van der Waals surface area (Å²) in [7, 11) is -1.51. The normalized spacial score (nSPS) is 11.2. The molecule has 0 aliphatic heterocycles. The highest BCUT2D eigenvalue weighted by Crippen LogP contribution is 2.23. The Hall–Kier alpha value is -2.84. The zero-order valence-corrected chi connectivity index (χ0v) is 19.7. The van der Waals surface area contributed by atoms with Gasteiger partial charge < -0.3 is 9.64 Å². The summed E-state index contributed by atoms with van der Waals surface area (Å²) >= 11 is 1.70. The van der Waals surface area contributed by atoms with Crippen molar-refractivity contribution in [3.05, 3.63) is 84.2 Å². The summed E-state index contributed by atoms with van der Waals surface area (Å²) in [5.74, 6) is 1.28. The lowest BCUT2D eigenvalue weighted by molar-refractivity contribution is 0.0787. The van der Waals surface area contributed by atoms with Gasteiger partial charge in [0.15, 0.2) is 9.84 Å². The van der Waals surface area contributed by atoms with Crippen LogP contribution in [0.15, 0.2) is 82.8 Å². The molecule has 3 aromatic rings. The molecule has 1 heterocycles. The summed E-state index contributed by atoms with van der Waals surface area (Å²) in [6, 6.07) is 18.0. The number of carbonyl (C=O) groups is 1. The maximum absolute atomic E-state index is 12.7. The number of amides is 1. The van der Waals surface area contributed by atoms with Gasteiger partial charge in [-0.25, -0.2) is 8.42 Å². The molecule has 168 valence electrons. The van der Waals surface area contributed by atoms with E-state index in [9.17, 15) is 13.2 Å². The molecular weight excluding hydrogens is 444 g/mol. The van der Waals surface area contributed by atoms with E-state index >= 15 is 0 Å². The first-order valence-corrected chi connectivity index (χ1v) is 13.0. The molecule has 1 aromatic heterocycles. The first-order chi connectivity index (χ1) is 15.3. The van der Waals surface area contributed by atoms with Crippen LogP contribution in [-0.4, -0.2) is 50.7 Å². The van der Waals surface area contributed by atoms with E-state index in [4.69, 9.17) is 4.74 Å². The number of hydrogen-bond donors (Lipinski definition) is 0. The summed E-state index contributed by atoms with van der Waals surface area (Å²) in [6.07, 6.45) is 5.41. The van der Waals surface area contributed by atoms with Gasteiger partial charge in [-0.05, 0) is 60.5 Å². The number of nitrogens with zero attached hydrogens (tertiary/aromatic N) is 2. The van der Waals surface area contributed by atoms with Crippen LogP contribution in [0, 0.1) is 0 Å². The number of benzene rings is 2. The van der Waals surface area contributed by atoms with Crippen LogP contribution in [0.2, 0.25) is 0 Å². The van der Waals surface area contributed by atoms with E-state index in [1.54, 1.807) is 42.0 Å². The Morgan fingerprint density at radius 1 is 1.09 bits per heavy atom. The largest absolute Gasteiger partial charge is 0.493 e. The van der Waals surface area contributed by atoms with Gasteiger partial charge in [0.2, 0.25) is 0 Å². The van der Waals surface area contributed by atoms with Crippen LogP contribution in [0.25, 0.3) is 0 Å². The Kier molecular flexibility index (Phi) is 8.30. The van der Waals surface area contributed by atoms with Crippen LogP contribution in [0.1, 0.15) is 22.3 Å². The highest BCUT2D eigenvalue weighted by Gasteiger charge is 2.12. The third kappa shape index (κ3) is 7.10. The van der Waals surface area contributed by atoms with E-state index in [0.717, 1.165) is 16.2 Å². The van der Waals surface area contributed by atoms with Crippen molar-refractivity contribution in [1.29, 1.82) is 0 Å². The van der Waals surface area contributed by atoms with Crippen LogP contribution in [0.5, 0.6) is 5.75 Å². The van der Waals surface area contributed by atoms with Crippen molar-refractivity contribution in [2.75, 3.05) is 26.5 Å². The van der Waals surface area contributed by atoms with Gasteiger partial charge in [0.25, 0.3) is 5.91 Å². The predicted molar refractivity (Wildman–Crippen MR) is 127 cm³/mol. The molecule has 1 amide bonds. The molecule has 0 N–H and O–H groups in total. The smallest absolute Gasteiger partial charge is 0.253 e. The van der Waals surface area contributed by atoms with Crippen molar-refractivity contribution in [3.63, 3.8) is 0 Å². The fraction of sp³-hybridized carbons (Fsp3) is 0.250. The minimum Gasteiger partial charge on any atom is -0.493 e. The first kappa shape index (κ1) is 23.8. The molecule has 0 radical (unpaired) electrons. The Morgan fingerprint density at radius 3 is 2.56 bits per heavy atom. The summed E-state index contributed by atoms with van der Waals surface area (Å²) in [5, 5.41) is 0. The molecule has 0 atom stereocenters. The summed E-state index contributed by atoms with van der Waals surface area (Å²) < 4.78 is 28.9. The van der Waals surface area contributed by atoms with Gasteiger partial charge in [0.1, 0.15) is 5.75 Å². The number of sulfone groups is 1. The van der Waals surface area contributed by atoms with Crippen molar-refractivity contribution >= 4 is 27.5 Å². The second kappa shape index (κ2) is 11.2. The molecule has 0 spiro atoms. The molecular formula is C24H26N2O4S2. The van der Waals surface area contributed by atoms with Gasteiger partial charge in [0.05, 0.1) is 11.5 Å². The number of carbonyl (C=O) groups excluding carboxylic acids is 1. The monoisotopic (exact) mass is 470 g/mol. The Bertz CT molecular complexity index is 1130. The van der Waals surface area contributed by atoms with E-state index in [1.807, 2.05) is 42.6 Å². The van der Waals surface area contributed by atoms with Crippen LogP contribution in [0.3, 0.4) is 0 Å². The van der Waals surface area contributed by atoms with Gasteiger partial charge in [0, 0.05) is 48.5 Å². The van der Waals surface area contributed by atoms with Crippen molar-refractivity contribution in [2.45, 2.75) is 22.0 Å². The average Bonchev–Trinajstić information content (AvgIpc) is 2.80. The Labute approximate surface area is 193 Å². The third-order valence-corrected chi connectivity index (χ3v) is 6.91. The van der Waals surface area contributed by atoms with Crippen LogP contribution in [0.4, 0.5) is 0 Å². The van der Waals surface area contributed by atoms with E-state index in [-0.39, 0.29) is 10.8 Å². The van der Waals surface area contributed by atoms with Crippen LogP contribution >= 0.6 is 11.8 Å². The Morgan fingerprint density at radius 2 is 1.88 bits per heavy atom. The number of ether oxygens (including phenoxy) is 1. The molecule has 0 saturated heterocycles. The lowest BCUT2D eigenvalue weighted by atomic mass is 10.2. The van der Waals surface area contributed by atoms with E-state index in [0.29, 0.717) is 30.9 Å². The van der Waals surface area contributed by atoms with Crippen LogP contribution in [-0.2, 0) is 15.6 Å². The molecule has 0 aliphatic rings. The molecule has 0 aliphatic carbocycles. The van der Waals surface area contributed by atoms with Gasteiger partial charge in [-0.2, -0.15) is 0 Å². The number of aromatic nitrogens is 1. The fourth-order valence-electron chi connectivity index (χ4n) is 2.95. The number of rotatable bonds is 10. The van der Waals surface area contributed by atoms with E-state index in [2.05, 4.69) is 4.98 Å². The highest BCUT2D eigenvalue weighted by atomic mass is 32.2. The second-order valence-corrected chi connectivity index (χ2v) is 10.4. The zero-order valence-electron chi connectivity index (χ0n) is 18.1. The molecule has 0 saturated carbocycles. The predicted octanol–water partition coefficient (Wildman–Crippen LogP) is 4.32. The lowest BCUT2D eigenvalue weighted by Crippen LogP contribution is -2.28. The molecule has 3 rings (SSSR count). The molecule has 0 fully saturated rings. The first-order valence-electron chi connectivity index (χ1n) is 10.1. The maximum atomic E-state index is 12.7. The second-order valence-electron chi connectivity index (χ2n) is 7.35. The molecule has 0 unspecified atom stereocenters.